The molecule has 0 fully saturated rings. The molecule has 1 amide bonds. The number of hydrogen-bond donors (Lipinski definition) is 1. The molecule has 0 aliphatic heterocycles. The number of sulfonamides is 1. The normalized spacial score (nSPS) is 11.3. The third kappa shape index (κ3) is 5.91. The van der Waals surface area contributed by atoms with E-state index in [2.05, 4.69) is 15.5 Å². The van der Waals surface area contributed by atoms with Gasteiger partial charge in [0.15, 0.2) is 5.82 Å². The van der Waals surface area contributed by atoms with E-state index in [0.717, 1.165) is 11.1 Å². The standard InChI is InChI=1S/C22H26N4O4S/c1-16-4-8-19(9-5-16)26(31(28,29)20-10-6-17(2)7-11-20)15-13-21(27)23-14-12-22-24-18(3)25-30-22/h4-11H,12-15H2,1-3H3,(H,23,27). The number of nitrogens with zero attached hydrogens (tertiary/aromatic N) is 3. The van der Waals surface area contributed by atoms with Gasteiger partial charge >= 0.3 is 0 Å². The molecule has 0 saturated heterocycles. The molecule has 31 heavy (non-hydrogen) atoms. The second-order valence-electron chi connectivity index (χ2n) is 7.31. The van der Waals surface area contributed by atoms with Gasteiger partial charge in [-0.15, -0.1) is 0 Å². The minimum absolute atomic E-state index is 0.0157. The van der Waals surface area contributed by atoms with E-state index in [9.17, 15) is 13.2 Å². The minimum Gasteiger partial charge on any atom is -0.356 e. The van der Waals surface area contributed by atoms with E-state index in [4.69, 9.17) is 4.52 Å². The van der Waals surface area contributed by atoms with Gasteiger partial charge in [0.2, 0.25) is 11.8 Å². The van der Waals surface area contributed by atoms with Crippen molar-refractivity contribution in [1.82, 2.24) is 15.5 Å². The largest absolute Gasteiger partial charge is 0.356 e. The van der Waals surface area contributed by atoms with Crippen LogP contribution in [0.1, 0.15) is 29.3 Å². The molecule has 2 aromatic carbocycles. The number of benzene rings is 2. The predicted octanol–water partition coefficient (Wildman–Crippen LogP) is 2.94. The van der Waals surface area contributed by atoms with Crippen LogP contribution in [0.15, 0.2) is 57.9 Å². The van der Waals surface area contributed by atoms with Crippen molar-refractivity contribution in [2.24, 2.45) is 0 Å². The van der Waals surface area contributed by atoms with E-state index in [1.807, 2.05) is 26.0 Å². The molecule has 0 aliphatic rings. The van der Waals surface area contributed by atoms with Crippen LogP contribution in [0.2, 0.25) is 0 Å². The van der Waals surface area contributed by atoms with E-state index in [1.165, 1.54) is 4.31 Å². The Labute approximate surface area is 182 Å². The molecule has 0 radical (unpaired) electrons. The maximum absolute atomic E-state index is 13.3. The van der Waals surface area contributed by atoms with Crippen LogP contribution in [0.5, 0.6) is 0 Å². The fourth-order valence-corrected chi connectivity index (χ4v) is 4.44. The lowest BCUT2D eigenvalue weighted by atomic mass is 10.2. The third-order valence-corrected chi connectivity index (χ3v) is 6.55. The molecule has 0 atom stereocenters. The molecular weight excluding hydrogens is 416 g/mol. The Balaban J connectivity index is 1.70. The van der Waals surface area contributed by atoms with Crippen molar-refractivity contribution in [1.29, 1.82) is 0 Å². The zero-order valence-corrected chi connectivity index (χ0v) is 18.6. The Morgan fingerprint density at radius 2 is 1.61 bits per heavy atom. The zero-order chi connectivity index (χ0) is 22.4. The van der Waals surface area contributed by atoms with Crippen LogP contribution in [0.25, 0.3) is 0 Å². The monoisotopic (exact) mass is 442 g/mol. The first-order valence-corrected chi connectivity index (χ1v) is 11.4. The Morgan fingerprint density at radius 1 is 1.00 bits per heavy atom. The van der Waals surface area contributed by atoms with E-state index in [1.54, 1.807) is 43.3 Å². The molecule has 0 saturated carbocycles. The fourth-order valence-electron chi connectivity index (χ4n) is 2.98. The van der Waals surface area contributed by atoms with Gasteiger partial charge in [0, 0.05) is 25.9 Å². The van der Waals surface area contributed by atoms with Crippen molar-refractivity contribution in [3.05, 3.63) is 71.4 Å². The van der Waals surface area contributed by atoms with E-state index in [0.29, 0.717) is 30.4 Å². The highest BCUT2D eigenvalue weighted by Gasteiger charge is 2.25. The number of hydrogen-bond acceptors (Lipinski definition) is 6. The number of aryl methyl sites for hydroxylation is 3. The van der Waals surface area contributed by atoms with Gasteiger partial charge in [-0.2, -0.15) is 4.98 Å². The topological polar surface area (TPSA) is 105 Å². The predicted molar refractivity (Wildman–Crippen MR) is 117 cm³/mol. The first-order valence-electron chi connectivity index (χ1n) is 9.97. The Hall–Kier alpha value is -3.20. The first-order chi connectivity index (χ1) is 14.8. The van der Waals surface area contributed by atoms with Gasteiger partial charge < -0.3 is 9.84 Å². The number of carbonyl (C=O) groups excluding carboxylic acids is 1. The van der Waals surface area contributed by atoms with Gasteiger partial charge in [0.25, 0.3) is 10.0 Å². The van der Waals surface area contributed by atoms with E-state index < -0.39 is 10.0 Å². The molecule has 0 unspecified atom stereocenters. The smallest absolute Gasteiger partial charge is 0.264 e. The highest BCUT2D eigenvalue weighted by atomic mass is 32.2. The van der Waals surface area contributed by atoms with Gasteiger partial charge in [-0.3, -0.25) is 9.10 Å². The fraction of sp³-hybridized carbons (Fsp3) is 0.318. The quantitative estimate of drug-likeness (QED) is 0.546. The molecule has 0 aliphatic carbocycles. The summed E-state index contributed by atoms with van der Waals surface area (Å²) in [6.45, 7) is 5.90. The Morgan fingerprint density at radius 3 is 2.19 bits per heavy atom. The SMILES string of the molecule is Cc1ccc(N(CCC(=O)NCCc2nc(C)no2)S(=O)(=O)c2ccc(C)cc2)cc1. The summed E-state index contributed by atoms with van der Waals surface area (Å²) in [5.74, 6) is 0.727. The van der Waals surface area contributed by atoms with Crippen molar-refractivity contribution < 1.29 is 17.7 Å². The van der Waals surface area contributed by atoms with Crippen LogP contribution in [-0.2, 0) is 21.2 Å². The molecule has 8 nitrogen and oxygen atoms in total. The van der Waals surface area contributed by atoms with Crippen LogP contribution >= 0.6 is 0 Å². The maximum Gasteiger partial charge on any atom is 0.264 e. The molecule has 3 rings (SSSR count). The summed E-state index contributed by atoms with van der Waals surface area (Å²) in [7, 11) is -3.82. The second kappa shape index (κ2) is 9.74. The van der Waals surface area contributed by atoms with Gasteiger partial charge in [-0.1, -0.05) is 40.5 Å². The maximum atomic E-state index is 13.3. The van der Waals surface area contributed by atoms with Gasteiger partial charge in [0.1, 0.15) is 0 Å². The van der Waals surface area contributed by atoms with Gasteiger partial charge in [-0.05, 0) is 45.0 Å². The highest BCUT2D eigenvalue weighted by Crippen LogP contribution is 2.24. The number of aromatic nitrogens is 2. The highest BCUT2D eigenvalue weighted by molar-refractivity contribution is 7.92. The number of amides is 1. The molecule has 1 N–H and O–H groups in total. The molecule has 0 bridgehead atoms. The van der Waals surface area contributed by atoms with E-state index >= 15 is 0 Å². The lowest BCUT2D eigenvalue weighted by Crippen LogP contribution is -2.35. The average molecular weight is 443 g/mol. The van der Waals surface area contributed by atoms with Crippen LogP contribution in [0.3, 0.4) is 0 Å². The van der Waals surface area contributed by atoms with Crippen molar-refractivity contribution in [2.75, 3.05) is 17.4 Å². The molecule has 9 heteroatoms. The van der Waals surface area contributed by atoms with Crippen LogP contribution < -0.4 is 9.62 Å². The molecule has 0 spiro atoms. The van der Waals surface area contributed by atoms with Gasteiger partial charge in [-0.25, -0.2) is 8.42 Å². The number of rotatable bonds is 9. The number of nitrogens with one attached hydrogen (secondary N) is 1. The van der Waals surface area contributed by atoms with Crippen molar-refractivity contribution in [3.8, 4) is 0 Å². The Kier molecular flexibility index (Phi) is 7.06. The summed E-state index contributed by atoms with van der Waals surface area (Å²) < 4.78 is 32.9. The molecule has 1 heterocycles. The molecule has 3 aromatic rings. The third-order valence-electron chi connectivity index (χ3n) is 4.70. The van der Waals surface area contributed by atoms with Crippen LogP contribution in [-0.4, -0.2) is 37.6 Å². The molecular formula is C22H26N4O4S. The Bertz CT molecular complexity index is 1120. The van der Waals surface area contributed by atoms with E-state index in [-0.39, 0.29) is 23.8 Å². The molecule has 1 aromatic heterocycles. The number of carbonyl (C=O) groups is 1. The summed E-state index contributed by atoms with van der Waals surface area (Å²) in [5.41, 5.74) is 2.50. The van der Waals surface area contributed by atoms with Gasteiger partial charge in [0.05, 0.1) is 10.6 Å². The van der Waals surface area contributed by atoms with Crippen molar-refractivity contribution in [2.45, 2.75) is 38.5 Å². The van der Waals surface area contributed by atoms with Crippen molar-refractivity contribution in [3.63, 3.8) is 0 Å². The second-order valence-corrected chi connectivity index (χ2v) is 9.17. The lowest BCUT2D eigenvalue weighted by molar-refractivity contribution is -0.120. The number of anilines is 1. The summed E-state index contributed by atoms with van der Waals surface area (Å²) in [6.07, 6.45) is 0.428. The summed E-state index contributed by atoms with van der Waals surface area (Å²) in [4.78, 5) is 16.6. The van der Waals surface area contributed by atoms with Crippen molar-refractivity contribution >= 4 is 21.6 Å². The first kappa shape index (κ1) is 22.5. The summed E-state index contributed by atoms with van der Waals surface area (Å²) >= 11 is 0. The summed E-state index contributed by atoms with van der Waals surface area (Å²) in [6, 6.07) is 13.9. The summed E-state index contributed by atoms with van der Waals surface area (Å²) in [5, 5.41) is 6.47. The zero-order valence-electron chi connectivity index (χ0n) is 17.8. The van der Waals surface area contributed by atoms with Crippen LogP contribution in [0, 0.1) is 20.8 Å². The lowest BCUT2D eigenvalue weighted by Gasteiger charge is -2.24. The average Bonchev–Trinajstić information content (AvgIpc) is 3.14. The minimum atomic E-state index is -3.82. The molecule has 164 valence electrons. The van der Waals surface area contributed by atoms with Crippen LogP contribution in [0.4, 0.5) is 5.69 Å².